The number of carbonyl (C=O) groups is 3. The first-order valence-electron chi connectivity index (χ1n) is 8.75. The van der Waals surface area contributed by atoms with E-state index in [1.54, 1.807) is 0 Å². The molecule has 1 heterocycles. The quantitative estimate of drug-likeness (QED) is 0.525. The van der Waals surface area contributed by atoms with Crippen molar-refractivity contribution in [3.05, 3.63) is 35.9 Å². The molecule has 1 aromatic carbocycles. The molecular formula is C19H24O9. The fourth-order valence-electron chi connectivity index (χ4n) is 2.89. The molecule has 0 unspecified atom stereocenters. The van der Waals surface area contributed by atoms with E-state index in [9.17, 15) is 19.5 Å². The first-order chi connectivity index (χ1) is 13.3. The van der Waals surface area contributed by atoms with Crippen molar-refractivity contribution < 1.29 is 43.2 Å². The second-order valence-corrected chi connectivity index (χ2v) is 6.24. The van der Waals surface area contributed by atoms with Gasteiger partial charge in [-0.25, -0.2) is 0 Å². The molecule has 1 N–H and O–H groups in total. The van der Waals surface area contributed by atoms with Gasteiger partial charge in [-0.15, -0.1) is 0 Å². The summed E-state index contributed by atoms with van der Waals surface area (Å²) in [4.78, 5) is 34.7. The Labute approximate surface area is 162 Å². The molecular weight excluding hydrogens is 372 g/mol. The van der Waals surface area contributed by atoms with E-state index in [4.69, 9.17) is 23.7 Å². The number of aliphatic hydroxyl groups excluding tert-OH is 1. The minimum atomic E-state index is -1.21. The highest BCUT2D eigenvalue weighted by molar-refractivity contribution is 5.68. The molecule has 0 saturated carbocycles. The van der Waals surface area contributed by atoms with Crippen molar-refractivity contribution in [1.82, 2.24) is 0 Å². The molecule has 1 fully saturated rings. The van der Waals surface area contributed by atoms with Crippen LogP contribution < -0.4 is 0 Å². The van der Waals surface area contributed by atoms with Crippen molar-refractivity contribution in [2.75, 3.05) is 6.61 Å². The van der Waals surface area contributed by atoms with Gasteiger partial charge in [-0.3, -0.25) is 14.4 Å². The van der Waals surface area contributed by atoms with Crippen molar-refractivity contribution in [3.63, 3.8) is 0 Å². The maximum atomic E-state index is 11.6. The summed E-state index contributed by atoms with van der Waals surface area (Å²) < 4.78 is 27.1. The van der Waals surface area contributed by atoms with E-state index in [2.05, 4.69) is 0 Å². The molecule has 154 valence electrons. The van der Waals surface area contributed by atoms with Gasteiger partial charge in [0.15, 0.2) is 24.6 Å². The third kappa shape index (κ3) is 6.01. The Morgan fingerprint density at radius 2 is 1.43 bits per heavy atom. The molecule has 9 heteroatoms. The maximum absolute atomic E-state index is 11.6. The Balaban J connectivity index is 2.29. The lowest BCUT2D eigenvalue weighted by molar-refractivity contribution is -0.310. The van der Waals surface area contributed by atoms with Gasteiger partial charge in [0.2, 0.25) is 0 Å². The molecule has 1 aliphatic heterocycles. The van der Waals surface area contributed by atoms with E-state index in [0.29, 0.717) is 0 Å². The third-order valence-electron chi connectivity index (χ3n) is 3.93. The number of hydrogen-bond acceptors (Lipinski definition) is 9. The molecule has 0 amide bonds. The summed E-state index contributed by atoms with van der Waals surface area (Å²) in [6, 6.07) is 9.18. The topological polar surface area (TPSA) is 118 Å². The number of carbonyl (C=O) groups excluding carboxylic acids is 3. The largest absolute Gasteiger partial charge is 0.456 e. The van der Waals surface area contributed by atoms with Crippen LogP contribution in [0.1, 0.15) is 26.3 Å². The number of benzene rings is 1. The van der Waals surface area contributed by atoms with Gasteiger partial charge in [0, 0.05) is 20.8 Å². The molecule has 1 aromatic rings. The average molecular weight is 396 g/mol. The normalized spacial score (nSPS) is 26.9. The first kappa shape index (κ1) is 21.8. The van der Waals surface area contributed by atoms with Crippen LogP contribution in [0.5, 0.6) is 0 Å². The van der Waals surface area contributed by atoms with Gasteiger partial charge >= 0.3 is 17.9 Å². The number of ether oxygens (including phenoxy) is 5. The van der Waals surface area contributed by atoms with Gasteiger partial charge in [-0.1, -0.05) is 30.3 Å². The van der Waals surface area contributed by atoms with E-state index in [-0.39, 0.29) is 6.61 Å². The second-order valence-electron chi connectivity index (χ2n) is 6.24. The minimum absolute atomic E-state index is 0.118. The van der Waals surface area contributed by atoms with Crippen LogP contribution in [0.3, 0.4) is 0 Å². The lowest BCUT2D eigenvalue weighted by Gasteiger charge is -2.43. The van der Waals surface area contributed by atoms with Gasteiger partial charge in [0.05, 0.1) is 13.2 Å². The van der Waals surface area contributed by atoms with Crippen LogP contribution in [-0.2, 0) is 44.7 Å². The van der Waals surface area contributed by atoms with Crippen LogP contribution in [-0.4, -0.2) is 60.3 Å². The molecule has 1 saturated heterocycles. The molecule has 2 rings (SSSR count). The van der Waals surface area contributed by atoms with E-state index in [1.165, 1.54) is 13.8 Å². The second kappa shape index (κ2) is 10.2. The highest BCUT2D eigenvalue weighted by atomic mass is 16.7. The molecule has 0 bridgehead atoms. The lowest BCUT2D eigenvalue weighted by atomic mass is 9.98. The molecule has 5 atom stereocenters. The Morgan fingerprint density at radius 1 is 0.893 bits per heavy atom. The van der Waals surface area contributed by atoms with Gasteiger partial charge < -0.3 is 28.8 Å². The van der Waals surface area contributed by atoms with Crippen molar-refractivity contribution in [2.45, 2.75) is 58.1 Å². The Hall–Kier alpha value is -2.49. The van der Waals surface area contributed by atoms with Crippen LogP contribution >= 0.6 is 0 Å². The molecule has 9 nitrogen and oxygen atoms in total. The van der Waals surface area contributed by atoms with Crippen molar-refractivity contribution in [3.8, 4) is 0 Å². The van der Waals surface area contributed by atoms with E-state index >= 15 is 0 Å². The van der Waals surface area contributed by atoms with Crippen molar-refractivity contribution in [1.29, 1.82) is 0 Å². The van der Waals surface area contributed by atoms with Crippen molar-refractivity contribution in [2.24, 2.45) is 0 Å². The average Bonchev–Trinajstić information content (AvgIpc) is 2.63. The molecule has 0 aliphatic carbocycles. The number of hydrogen-bond donors (Lipinski definition) is 1. The van der Waals surface area contributed by atoms with Gasteiger partial charge in [0.25, 0.3) is 0 Å². The Bertz CT molecular complexity index is 675. The summed E-state index contributed by atoms with van der Waals surface area (Å²) in [5.41, 5.74) is 0.833. The predicted octanol–water partition coefficient (Wildman–Crippen LogP) is 0.715. The van der Waals surface area contributed by atoms with E-state index in [1.807, 2.05) is 30.3 Å². The summed E-state index contributed by atoms with van der Waals surface area (Å²) in [6.45, 7) is 3.09. The predicted molar refractivity (Wildman–Crippen MR) is 93.6 cm³/mol. The highest BCUT2D eigenvalue weighted by Gasteiger charge is 2.52. The first-order valence-corrected chi connectivity index (χ1v) is 8.75. The highest BCUT2D eigenvalue weighted by Crippen LogP contribution is 2.30. The van der Waals surface area contributed by atoms with E-state index < -0.39 is 55.2 Å². The fraction of sp³-hybridized carbons (Fsp3) is 0.526. The molecule has 28 heavy (non-hydrogen) atoms. The zero-order valence-corrected chi connectivity index (χ0v) is 15.9. The molecule has 0 radical (unpaired) electrons. The van der Waals surface area contributed by atoms with E-state index in [0.717, 1.165) is 12.5 Å². The third-order valence-corrected chi connectivity index (χ3v) is 3.93. The monoisotopic (exact) mass is 396 g/mol. The van der Waals surface area contributed by atoms with Crippen LogP contribution in [0.15, 0.2) is 30.3 Å². The smallest absolute Gasteiger partial charge is 0.303 e. The van der Waals surface area contributed by atoms with Gasteiger partial charge in [-0.05, 0) is 5.56 Å². The fourth-order valence-corrected chi connectivity index (χ4v) is 2.89. The standard InChI is InChI=1S/C19H24O9/c1-11(21)25-16-15(9-20)28-19(24-10-14-7-5-4-6-8-14)18(27-13(3)23)17(16)26-12(2)22/h4-8,15-20H,9-10H2,1-3H3/t15-,16+,17-,18-,19+/m0/s1. The zero-order valence-electron chi connectivity index (χ0n) is 15.9. The summed E-state index contributed by atoms with van der Waals surface area (Å²) in [6.07, 6.45) is -5.78. The van der Waals surface area contributed by atoms with Gasteiger partial charge in [0.1, 0.15) is 6.10 Å². The van der Waals surface area contributed by atoms with Crippen LogP contribution in [0.4, 0.5) is 0 Å². The summed E-state index contributed by atoms with van der Waals surface area (Å²) in [5, 5.41) is 9.68. The lowest BCUT2D eigenvalue weighted by Crippen LogP contribution is -2.62. The zero-order chi connectivity index (χ0) is 20.7. The van der Waals surface area contributed by atoms with Gasteiger partial charge in [-0.2, -0.15) is 0 Å². The van der Waals surface area contributed by atoms with Crippen molar-refractivity contribution >= 4 is 17.9 Å². The molecule has 0 spiro atoms. The number of rotatable bonds is 7. The van der Waals surface area contributed by atoms with Crippen LogP contribution in [0.2, 0.25) is 0 Å². The van der Waals surface area contributed by atoms with Crippen LogP contribution in [0, 0.1) is 0 Å². The number of esters is 3. The molecule has 0 aromatic heterocycles. The SMILES string of the molecule is CC(=O)O[C@@H]1[C@H](OC(C)=O)[C@H](OCc2ccccc2)O[C@@H](CO)[C@H]1OC(C)=O. The number of aliphatic hydroxyl groups is 1. The molecule has 1 aliphatic rings. The minimum Gasteiger partial charge on any atom is -0.456 e. The summed E-state index contributed by atoms with van der Waals surface area (Å²) in [7, 11) is 0. The van der Waals surface area contributed by atoms with Crippen LogP contribution in [0.25, 0.3) is 0 Å². The Kier molecular flexibility index (Phi) is 7.91. The Morgan fingerprint density at radius 3 is 1.96 bits per heavy atom. The maximum Gasteiger partial charge on any atom is 0.303 e. The summed E-state index contributed by atoms with van der Waals surface area (Å²) >= 11 is 0. The summed E-state index contributed by atoms with van der Waals surface area (Å²) in [5.74, 6) is -2.02.